The Morgan fingerprint density at radius 1 is 1.08 bits per heavy atom. The first-order valence-electron chi connectivity index (χ1n) is 8.81. The normalized spacial score (nSPS) is 10.7. The number of likely N-dealkylation sites (N-methyl/N-ethyl adjacent to an activating group) is 1. The van der Waals surface area contributed by atoms with E-state index in [1.807, 2.05) is 11.9 Å². The summed E-state index contributed by atoms with van der Waals surface area (Å²) in [4.78, 5) is 38.9. The van der Waals surface area contributed by atoms with Crippen LogP contribution in [0.2, 0.25) is 0 Å². The molecule has 0 aliphatic carbocycles. The lowest BCUT2D eigenvalue weighted by Gasteiger charge is -2.15. The molecule has 146 valence electrons. The van der Waals surface area contributed by atoms with Gasteiger partial charge in [0.05, 0.1) is 25.3 Å². The van der Waals surface area contributed by atoms with Gasteiger partial charge < -0.3 is 14.8 Å². The fourth-order valence-electron chi connectivity index (χ4n) is 2.36. The minimum absolute atomic E-state index is 0.202. The summed E-state index contributed by atoms with van der Waals surface area (Å²) < 4.78 is 10.1. The third-order valence-electron chi connectivity index (χ3n) is 3.65. The summed E-state index contributed by atoms with van der Waals surface area (Å²) in [5, 5.41) is 3.06. The number of carbonyl (C=O) groups excluding carboxylic acids is 3. The molecule has 1 aromatic rings. The molecule has 0 saturated carbocycles. The molecule has 0 unspecified atom stereocenters. The molecule has 1 aromatic heterocycles. The molecule has 1 heterocycles. The maximum Gasteiger partial charge on any atom is 0.348 e. The Morgan fingerprint density at radius 3 is 2.27 bits per heavy atom. The Kier molecular flexibility index (Phi) is 9.29. The molecule has 0 saturated heterocycles. The first-order valence-corrected chi connectivity index (χ1v) is 9.63. The van der Waals surface area contributed by atoms with Crippen molar-refractivity contribution in [2.24, 2.45) is 0 Å². The fourth-order valence-corrected chi connectivity index (χ4v) is 3.47. The number of anilines is 1. The summed E-state index contributed by atoms with van der Waals surface area (Å²) in [6, 6.07) is 0. The summed E-state index contributed by atoms with van der Waals surface area (Å²) in [5.41, 5.74) is 0.672. The second-order valence-corrected chi connectivity index (χ2v) is 6.86. The molecule has 0 aromatic carbocycles. The van der Waals surface area contributed by atoms with Crippen LogP contribution in [0.15, 0.2) is 0 Å². The lowest BCUT2D eigenvalue weighted by molar-refractivity contribution is -0.117. The molecule has 8 heteroatoms. The SMILES string of the molecule is CCCCN(C)CC(=O)Nc1sc(C(=O)OCC)c(C)c1C(=O)OCC. The third kappa shape index (κ3) is 6.10. The van der Waals surface area contributed by atoms with Crippen LogP contribution in [-0.4, -0.2) is 56.1 Å². The number of amides is 1. The molecular weight excluding hydrogens is 356 g/mol. The van der Waals surface area contributed by atoms with E-state index in [0.717, 1.165) is 30.7 Å². The Hall–Kier alpha value is -1.93. The largest absolute Gasteiger partial charge is 0.462 e. The molecular formula is C18H28N2O5S. The highest BCUT2D eigenvalue weighted by Crippen LogP contribution is 2.34. The minimum Gasteiger partial charge on any atom is -0.462 e. The van der Waals surface area contributed by atoms with Crippen molar-refractivity contribution in [1.29, 1.82) is 0 Å². The maximum absolute atomic E-state index is 12.3. The van der Waals surface area contributed by atoms with Crippen molar-refractivity contribution in [3.63, 3.8) is 0 Å². The van der Waals surface area contributed by atoms with Gasteiger partial charge in [0.2, 0.25) is 5.91 Å². The highest BCUT2D eigenvalue weighted by atomic mass is 32.1. The number of unbranched alkanes of at least 4 members (excludes halogenated alkanes) is 1. The zero-order valence-electron chi connectivity index (χ0n) is 16.1. The lowest BCUT2D eigenvalue weighted by atomic mass is 10.1. The van der Waals surface area contributed by atoms with Gasteiger partial charge in [-0.25, -0.2) is 9.59 Å². The number of rotatable bonds is 10. The van der Waals surface area contributed by atoms with Crippen LogP contribution in [0.4, 0.5) is 5.00 Å². The van der Waals surface area contributed by atoms with Crippen molar-refractivity contribution in [2.75, 3.05) is 38.7 Å². The highest BCUT2D eigenvalue weighted by molar-refractivity contribution is 7.18. The van der Waals surface area contributed by atoms with Crippen LogP contribution in [0.1, 0.15) is 59.2 Å². The molecule has 0 spiro atoms. The molecule has 7 nitrogen and oxygen atoms in total. The predicted octanol–water partition coefficient (Wildman–Crippen LogP) is 3.08. The summed E-state index contributed by atoms with van der Waals surface area (Å²) in [5.74, 6) is -1.32. The van der Waals surface area contributed by atoms with Gasteiger partial charge in [-0.05, 0) is 46.3 Å². The Morgan fingerprint density at radius 2 is 1.69 bits per heavy atom. The summed E-state index contributed by atoms with van der Waals surface area (Å²) >= 11 is 1.04. The monoisotopic (exact) mass is 384 g/mol. The topological polar surface area (TPSA) is 84.9 Å². The van der Waals surface area contributed by atoms with E-state index in [2.05, 4.69) is 12.2 Å². The van der Waals surface area contributed by atoms with Crippen molar-refractivity contribution in [1.82, 2.24) is 4.90 Å². The van der Waals surface area contributed by atoms with Crippen molar-refractivity contribution in [3.05, 3.63) is 16.0 Å². The first-order chi connectivity index (χ1) is 12.3. The molecule has 1 amide bonds. The smallest absolute Gasteiger partial charge is 0.348 e. The van der Waals surface area contributed by atoms with Crippen LogP contribution in [-0.2, 0) is 14.3 Å². The minimum atomic E-state index is -0.563. The number of carbonyl (C=O) groups is 3. The summed E-state index contributed by atoms with van der Waals surface area (Å²) in [7, 11) is 1.87. The van der Waals surface area contributed by atoms with Gasteiger partial charge in [-0.3, -0.25) is 9.69 Å². The van der Waals surface area contributed by atoms with Crippen molar-refractivity contribution in [3.8, 4) is 0 Å². The average molecular weight is 384 g/mol. The van der Waals surface area contributed by atoms with E-state index in [-0.39, 0.29) is 31.2 Å². The highest BCUT2D eigenvalue weighted by Gasteiger charge is 2.27. The number of nitrogens with zero attached hydrogens (tertiary/aromatic N) is 1. The Bertz CT molecular complexity index is 642. The standard InChI is InChI=1S/C18H28N2O5S/c1-6-9-10-20(5)11-13(21)19-16-14(17(22)24-7-2)12(4)15(26-16)18(23)25-8-3/h6-11H2,1-5H3,(H,19,21). The second kappa shape index (κ2) is 10.9. The van der Waals surface area contributed by atoms with Crippen LogP contribution in [0, 0.1) is 6.92 Å². The number of thiophene rings is 1. The van der Waals surface area contributed by atoms with Crippen LogP contribution >= 0.6 is 11.3 Å². The van der Waals surface area contributed by atoms with E-state index in [0.29, 0.717) is 15.4 Å². The maximum atomic E-state index is 12.3. The fraction of sp³-hybridized carbons (Fsp3) is 0.611. The van der Waals surface area contributed by atoms with E-state index in [1.165, 1.54) is 0 Å². The van der Waals surface area contributed by atoms with Crippen molar-refractivity contribution >= 4 is 34.2 Å². The number of esters is 2. The lowest BCUT2D eigenvalue weighted by Crippen LogP contribution is -2.31. The third-order valence-corrected chi connectivity index (χ3v) is 4.83. The molecule has 26 heavy (non-hydrogen) atoms. The number of hydrogen-bond donors (Lipinski definition) is 1. The molecule has 0 radical (unpaired) electrons. The number of hydrogen-bond acceptors (Lipinski definition) is 7. The van der Waals surface area contributed by atoms with Crippen LogP contribution < -0.4 is 5.32 Å². The van der Waals surface area contributed by atoms with Gasteiger partial charge in [0.15, 0.2) is 0 Å². The molecule has 0 bridgehead atoms. The Labute approximate surface area is 158 Å². The molecule has 0 aliphatic rings. The van der Waals surface area contributed by atoms with Gasteiger partial charge in [-0.15, -0.1) is 11.3 Å². The molecule has 1 N–H and O–H groups in total. The van der Waals surface area contributed by atoms with Gasteiger partial charge >= 0.3 is 11.9 Å². The predicted molar refractivity (Wildman–Crippen MR) is 102 cm³/mol. The van der Waals surface area contributed by atoms with E-state index in [9.17, 15) is 14.4 Å². The molecule has 1 rings (SSSR count). The van der Waals surface area contributed by atoms with Crippen LogP contribution in [0.3, 0.4) is 0 Å². The van der Waals surface area contributed by atoms with Crippen LogP contribution in [0.25, 0.3) is 0 Å². The molecule has 0 atom stereocenters. The van der Waals surface area contributed by atoms with E-state index >= 15 is 0 Å². The first kappa shape index (κ1) is 22.1. The quantitative estimate of drug-likeness (QED) is 0.624. The van der Waals surface area contributed by atoms with Gasteiger partial charge in [0.25, 0.3) is 0 Å². The second-order valence-electron chi connectivity index (χ2n) is 5.84. The van der Waals surface area contributed by atoms with Gasteiger partial charge in [0, 0.05) is 0 Å². The van der Waals surface area contributed by atoms with E-state index < -0.39 is 11.9 Å². The number of nitrogens with one attached hydrogen (secondary N) is 1. The van der Waals surface area contributed by atoms with Gasteiger partial charge in [-0.2, -0.15) is 0 Å². The van der Waals surface area contributed by atoms with E-state index in [1.54, 1.807) is 20.8 Å². The zero-order chi connectivity index (χ0) is 19.7. The van der Waals surface area contributed by atoms with Gasteiger partial charge in [0.1, 0.15) is 9.88 Å². The van der Waals surface area contributed by atoms with Gasteiger partial charge in [-0.1, -0.05) is 13.3 Å². The summed E-state index contributed by atoms with van der Waals surface area (Å²) in [6.45, 7) is 8.60. The van der Waals surface area contributed by atoms with Crippen LogP contribution in [0.5, 0.6) is 0 Å². The summed E-state index contributed by atoms with van der Waals surface area (Å²) in [6.07, 6.45) is 2.05. The van der Waals surface area contributed by atoms with Crippen molar-refractivity contribution < 1.29 is 23.9 Å². The molecule has 0 fully saturated rings. The zero-order valence-corrected chi connectivity index (χ0v) is 17.0. The van der Waals surface area contributed by atoms with E-state index in [4.69, 9.17) is 9.47 Å². The molecule has 0 aliphatic heterocycles. The Balaban J connectivity index is 3.03. The van der Waals surface area contributed by atoms with Crippen molar-refractivity contribution in [2.45, 2.75) is 40.5 Å². The average Bonchev–Trinajstić information content (AvgIpc) is 2.89. The number of ether oxygens (including phenoxy) is 2.